The largest absolute Gasteiger partial charge is 0.485 e. The molecule has 1 aromatic heterocycles. The Kier molecular flexibility index (Phi) is 3.49. The summed E-state index contributed by atoms with van der Waals surface area (Å²) in [5.41, 5.74) is 1.48. The van der Waals surface area contributed by atoms with Crippen LogP contribution in [0.2, 0.25) is 5.02 Å². The molecule has 0 saturated carbocycles. The maximum absolute atomic E-state index is 11.6. The fraction of sp³-hybridized carbons (Fsp3) is 0.154. The molecular weight excluding hydrogens is 238 g/mol. The molecule has 1 aromatic carbocycles. The van der Waals surface area contributed by atoms with Gasteiger partial charge in [-0.2, -0.15) is 0 Å². The third kappa shape index (κ3) is 2.88. The molecule has 2 aromatic rings. The molecule has 3 nitrogen and oxygen atoms in total. The van der Waals surface area contributed by atoms with Crippen molar-refractivity contribution in [3.8, 4) is 5.75 Å². The Balaban J connectivity index is 1.98. The molecule has 2 rings (SSSR count). The monoisotopic (exact) mass is 249 g/mol. The predicted octanol–water partition coefficient (Wildman–Crippen LogP) is 3.24. The topological polar surface area (TPSA) is 42.1 Å². The Hall–Kier alpha value is -1.74. The summed E-state index contributed by atoms with van der Waals surface area (Å²) in [6.07, 6.45) is 1.71. The summed E-state index contributed by atoms with van der Waals surface area (Å²) < 4.78 is 5.40. The number of hydrogen-bond donors (Lipinski definition) is 1. The fourth-order valence-electron chi connectivity index (χ4n) is 1.44. The second kappa shape index (κ2) is 5.06. The van der Waals surface area contributed by atoms with Crippen LogP contribution in [0.15, 0.2) is 36.5 Å². The van der Waals surface area contributed by atoms with Crippen LogP contribution in [0.25, 0.3) is 0 Å². The summed E-state index contributed by atoms with van der Waals surface area (Å²) in [5.74, 6) is 0.564. The van der Waals surface area contributed by atoms with Gasteiger partial charge >= 0.3 is 0 Å². The molecule has 4 heteroatoms. The summed E-state index contributed by atoms with van der Waals surface area (Å²) in [6, 6.07) is 8.81. The van der Waals surface area contributed by atoms with Crippen molar-refractivity contribution in [2.75, 3.05) is 6.61 Å². The minimum absolute atomic E-state index is 0.0155. The summed E-state index contributed by atoms with van der Waals surface area (Å²) in [5, 5.41) is 0.688. The van der Waals surface area contributed by atoms with Crippen molar-refractivity contribution in [3.63, 3.8) is 0 Å². The van der Waals surface area contributed by atoms with Crippen molar-refractivity contribution < 1.29 is 9.53 Å². The maximum Gasteiger partial charge on any atom is 0.216 e. The van der Waals surface area contributed by atoms with Crippen molar-refractivity contribution >= 4 is 17.4 Å². The number of carbonyl (C=O) groups is 1. The Morgan fingerprint density at radius 2 is 2.24 bits per heavy atom. The van der Waals surface area contributed by atoms with Crippen molar-refractivity contribution in [1.29, 1.82) is 0 Å². The number of H-pyrrole nitrogens is 1. The standard InChI is InChI=1S/C13H12ClNO2/c1-9-7-10(4-5-11(9)14)17-8-13(16)12-3-2-6-15-12/h2-7,15H,8H2,1H3. The zero-order valence-corrected chi connectivity index (χ0v) is 10.1. The number of rotatable bonds is 4. The predicted molar refractivity (Wildman–Crippen MR) is 66.8 cm³/mol. The second-order valence-electron chi connectivity index (χ2n) is 3.71. The van der Waals surface area contributed by atoms with Gasteiger partial charge < -0.3 is 9.72 Å². The molecule has 0 aliphatic heterocycles. The summed E-state index contributed by atoms with van der Waals surface area (Å²) in [6.45, 7) is 1.91. The number of Topliss-reactive ketones (excluding diaryl/α,β-unsaturated/α-hetero) is 1. The molecule has 0 saturated heterocycles. The van der Waals surface area contributed by atoms with Crippen LogP contribution in [0, 0.1) is 6.92 Å². The van der Waals surface area contributed by atoms with E-state index in [0.717, 1.165) is 5.56 Å². The third-order valence-corrected chi connectivity index (χ3v) is 2.82. The number of aromatic nitrogens is 1. The van der Waals surface area contributed by atoms with Gasteiger partial charge in [0.25, 0.3) is 0 Å². The number of aryl methyl sites for hydroxylation is 1. The maximum atomic E-state index is 11.6. The van der Waals surface area contributed by atoms with Crippen molar-refractivity contribution in [2.24, 2.45) is 0 Å². The van der Waals surface area contributed by atoms with Crippen molar-refractivity contribution in [2.45, 2.75) is 6.92 Å². The van der Waals surface area contributed by atoms with Crippen molar-refractivity contribution in [1.82, 2.24) is 4.98 Å². The lowest BCUT2D eigenvalue weighted by atomic mass is 10.2. The molecule has 88 valence electrons. The number of aromatic amines is 1. The van der Waals surface area contributed by atoms with Gasteiger partial charge in [-0.1, -0.05) is 11.6 Å². The molecule has 0 aliphatic carbocycles. The highest BCUT2D eigenvalue weighted by atomic mass is 35.5. The van der Waals surface area contributed by atoms with E-state index in [2.05, 4.69) is 4.98 Å². The molecule has 0 atom stereocenters. The number of hydrogen-bond acceptors (Lipinski definition) is 2. The van der Waals surface area contributed by atoms with Gasteiger partial charge in [-0.3, -0.25) is 4.79 Å². The van der Waals surface area contributed by atoms with Gasteiger partial charge in [0.1, 0.15) is 5.75 Å². The van der Waals surface area contributed by atoms with E-state index in [1.807, 2.05) is 13.0 Å². The first kappa shape index (κ1) is 11.7. The minimum atomic E-state index is -0.0809. The smallest absolute Gasteiger partial charge is 0.216 e. The van der Waals surface area contributed by atoms with Gasteiger partial charge in [-0.05, 0) is 42.8 Å². The number of ether oxygens (including phenoxy) is 1. The lowest BCUT2D eigenvalue weighted by Gasteiger charge is -2.06. The van der Waals surface area contributed by atoms with Crippen LogP contribution in [0.4, 0.5) is 0 Å². The highest BCUT2D eigenvalue weighted by Gasteiger charge is 2.07. The van der Waals surface area contributed by atoms with Crippen LogP contribution in [0.3, 0.4) is 0 Å². The van der Waals surface area contributed by atoms with Crippen LogP contribution >= 0.6 is 11.6 Å². The van der Waals surface area contributed by atoms with E-state index < -0.39 is 0 Å². The molecule has 0 spiro atoms. The van der Waals surface area contributed by atoms with Crippen LogP contribution in [0.5, 0.6) is 5.75 Å². The van der Waals surface area contributed by atoms with E-state index in [1.54, 1.807) is 30.5 Å². The lowest BCUT2D eigenvalue weighted by Crippen LogP contribution is -2.11. The van der Waals surface area contributed by atoms with Gasteiger partial charge in [0, 0.05) is 11.2 Å². The van der Waals surface area contributed by atoms with Gasteiger partial charge in [-0.15, -0.1) is 0 Å². The van der Waals surface area contributed by atoms with Crippen LogP contribution in [-0.2, 0) is 0 Å². The Morgan fingerprint density at radius 3 is 2.88 bits per heavy atom. The Morgan fingerprint density at radius 1 is 1.41 bits per heavy atom. The Labute approximate surface area is 104 Å². The zero-order chi connectivity index (χ0) is 12.3. The SMILES string of the molecule is Cc1cc(OCC(=O)c2ccc[nH]2)ccc1Cl. The summed E-state index contributed by atoms with van der Waals surface area (Å²) in [4.78, 5) is 14.5. The zero-order valence-electron chi connectivity index (χ0n) is 9.37. The fourth-order valence-corrected chi connectivity index (χ4v) is 1.55. The first-order valence-electron chi connectivity index (χ1n) is 5.22. The minimum Gasteiger partial charge on any atom is -0.485 e. The molecule has 17 heavy (non-hydrogen) atoms. The molecule has 1 N–H and O–H groups in total. The quantitative estimate of drug-likeness (QED) is 0.846. The molecule has 0 radical (unpaired) electrons. The van der Waals surface area contributed by atoms with Crippen LogP contribution < -0.4 is 4.74 Å². The van der Waals surface area contributed by atoms with E-state index in [4.69, 9.17) is 16.3 Å². The molecule has 1 heterocycles. The highest BCUT2D eigenvalue weighted by molar-refractivity contribution is 6.31. The van der Waals surface area contributed by atoms with Gasteiger partial charge in [0.15, 0.2) is 6.61 Å². The first-order valence-corrected chi connectivity index (χ1v) is 5.60. The normalized spacial score (nSPS) is 10.2. The number of halogens is 1. The number of nitrogens with one attached hydrogen (secondary N) is 1. The summed E-state index contributed by atoms with van der Waals surface area (Å²) in [7, 11) is 0. The Bertz CT molecular complexity index is 520. The van der Waals surface area contributed by atoms with Gasteiger partial charge in [0.05, 0.1) is 5.69 Å². The molecule has 0 bridgehead atoms. The number of benzene rings is 1. The molecule has 0 fully saturated rings. The molecule has 0 aliphatic rings. The average Bonchev–Trinajstić information content (AvgIpc) is 2.84. The molecule has 0 amide bonds. The molecule has 0 unspecified atom stereocenters. The second-order valence-corrected chi connectivity index (χ2v) is 4.11. The number of ketones is 1. The van der Waals surface area contributed by atoms with E-state index in [9.17, 15) is 4.79 Å². The van der Waals surface area contributed by atoms with E-state index in [1.165, 1.54) is 0 Å². The number of carbonyl (C=O) groups excluding carboxylic acids is 1. The van der Waals surface area contributed by atoms with Crippen LogP contribution in [-0.4, -0.2) is 17.4 Å². The highest BCUT2D eigenvalue weighted by Crippen LogP contribution is 2.21. The molecular formula is C13H12ClNO2. The van der Waals surface area contributed by atoms with Crippen molar-refractivity contribution in [3.05, 3.63) is 52.8 Å². The van der Waals surface area contributed by atoms with Gasteiger partial charge in [-0.25, -0.2) is 0 Å². The average molecular weight is 250 g/mol. The first-order chi connectivity index (χ1) is 8.16. The van der Waals surface area contributed by atoms with E-state index in [-0.39, 0.29) is 12.4 Å². The summed E-state index contributed by atoms with van der Waals surface area (Å²) >= 11 is 5.90. The van der Waals surface area contributed by atoms with Crippen LogP contribution in [0.1, 0.15) is 16.1 Å². The van der Waals surface area contributed by atoms with E-state index in [0.29, 0.717) is 16.5 Å². The third-order valence-electron chi connectivity index (χ3n) is 2.40. The van der Waals surface area contributed by atoms with Gasteiger partial charge in [0.2, 0.25) is 5.78 Å². The van der Waals surface area contributed by atoms with E-state index >= 15 is 0 Å². The lowest BCUT2D eigenvalue weighted by molar-refractivity contribution is 0.0917.